The molecule has 1 aliphatic rings. The van der Waals surface area contributed by atoms with Crippen molar-refractivity contribution in [1.82, 2.24) is 0 Å². The standard InChI is InChI=1S/C24H26PS2.ClH/c1-24(2)18-26-23(27-19-24)25(20-12-6-3-7-13-20,21-14-8-4-9-15-21)22-16-10-5-11-17-22;/h3-17,23H,18-19H2,1-2H3;1H/q+1;/p-1. The van der Waals surface area contributed by atoms with Crippen LogP contribution in [-0.4, -0.2) is 15.8 Å². The second kappa shape index (κ2) is 9.26. The second-order valence-corrected chi connectivity index (χ2v) is 14.5. The van der Waals surface area contributed by atoms with Crippen molar-refractivity contribution in [3.05, 3.63) is 91.0 Å². The highest BCUT2D eigenvalue weighted by atomic mass is 35.5. The summed E-state index contributed by atoms with van der Waals surface area (Å²) in [6.07, 6.45) is 0. The summed E-state index contributed by atoms with van der Waals surface area (Å²) in [5.74, 6) is 2.44. The van der Waals surface area contributed by atoms with Crippen LogP contribution in [0.25, 0.3) is 0 Å². The van der Waals surface area contributed by atoms with Crippen molar-refractivity contribution in [1.29, 1.82) is 0 Å². The molecule has 3 aromatic rings. The fourth-order valence-electron chi connectivity index (χ4n) is 3.71. The maximum atomic E-state index is 2.40. The van der Waals surface area contributed by atoms with Gasteiger partial charge in [0, 0.05) is 11.5 Å². The van der Waals surface area contributed by atoms with Crippen molar-refractivity contribution < 1.29 is 12.4 Å². The lowest BCUT2D eigenvalue weighted by Crippen LogP contribution is -3.00. The van der Waals surface area contributed by atoms with Crippen molar-refractivity contribution in [2.75, 3.05) is 11.5 Å². The fourth-order valence-corrected chi connectivity index (χ4v) is 14.0. The van der Waals surface area contributed by atoms with E-state index in [0.29, 0.717) is 9.74 Å². The van der Waals surface area contributed by atoms with Gasteiger partial charge in [-0.2, -0.15) is 0 Å². The van der Waals surface area contributed by atoms with E-state index in [-0.39, 0.29) is 12.4 Å². The Morgan fingerprint density at radius 2 is 0.964 bits per heavy atom. The summed E-state index contributed by atoms with van der Waals surface area (Å²) in [7, 11) is -1.76. The molecule has 0 spiro atoms. The normalized spacial score (nSPS) is 16.9. The van der Waals surface area contributed by atoms with E-state index in [9.17, 15) is 0 Å². The van der Waals surface area contributed by atoms with Crippen molar-refractivity contribution in [3.63, 3.8) is 0 Å². The van der Waals surface area contributed by atoms with Gasteiger partial charge < -0.3 is 12.4 Å². The molecule has 0 bridgehead atoms. The number of halogens is 1. The molecule has 0 atom stereocenters. The Labute approximate surface area is 184 Å². The van der Waals surface area contributed by atoms with Crippen LogP contribution < -0.4 is 28.3 Å². The Morgan fingerprint density at radius 3 is 1.29 bits per heavy atom. The summed E-state index contributed by atoms with van der Waals surface area (Å²) in [6, 6.07) is 33.8. The van der Waals surface area contributed by atoms with Crippen molar-refractivity contribution in [3.8, 4) is 0 Å². The summed E-state index contributed by atoms with van der Waals surface area (Å²) in [5.41, 5.74) is 0.408. The van der Waals surface area contributed by atoms with Gasteiger partial charge in [0.2, 0.25) is 0 Å². The SMILES string of the molecule is CC1(C)CSC([P+](c2ccccc2)(c2ccccc2)c2ccccc2)SC1.[Cl-]. The van der Waals surface area contributed by atoms with Gasteiger partial charge in [0.1, 0.15) is 23.2 Å². The molecule has 1 heterocycles. The van der Waals surface area contributed by atoms with Crippen molar-refractivity contribution >= 4 is 46.7 Å². The quantitative estimate of drug-likeness (QED) is 0.567. The number of benzene rings is 3. The van der Waals surface area contributed by atoms with Crippen LogP contribution in [-0.2, 0) is 0 Å². The molecule has 0 N–H and O–H groups in total. The molecular formula is C24H26ClPS2. The summed E-state index contributed by atoms with van der Waals surface area (Å²) in [6.45, 7) is 4.80. The van der Waals surface area contributed by atoms with Gasteiger partial charge >= 0.3 is 0 Å². The van der Waals surface area contributed by atoms with E-state index in [4.69, 9.17) is 0 Å². The second-order valence-electron chi connectivity index (χ2n) is 7.82. The molecule has 1 saturated heterocycles. The van der Waals surface area contributed by atoms with Gasteiger partial charge in [0.25, 0.3) is 0 Å². The van der Waals surface area contributed by atoms with Gasteiger partial charge in [-0.05, 0) is 41.8 Å². The highest BCUT2D eigenvalue weighted by molar-refractivity contribution is 8.30. The third kappa shape index (κ3) is 4.17. The maximum absolute atomic E-state index is 2.40. The van der Waals surface area contributed by atoms with E-state index >= 15 is 0 Å². The van der Waals surface area contributed by atoms with Crippen molar-refractivity contribution in [2.45, 2.75) is 18.2 Å². The van der Waals surface area contributed by atoms with Gasteiger partial charge in [-0.15, -0.1) is 23.5 Å². The maximum Gasteiger partial charge on any atom is 0.174 e. The summed E-state index contributed by atoms with van der Waals surface area (Å²) < 4.78 is 0.553. The van der Waals surface area contributed by atoms with Crippen LogP contribution in [0.1, 0.15) is 13.8 Å². The minimum absolute atomic E-state index is 0. The largest absolute Gasteiger partial charge is 1.00 e. The molecule has 4 rings (SSSR count). The number of rotatable bonds is 4. The first-order valence-electron chi connectivity index (χ1n) is 9.42. The highest BCUT2D eigenvalue weighted by Gasteiger charge is 2.54. The van der Waals surface area contributed by atoms with Gasteiger partial charge in [0.05, 0.1) is 0 Å². The average Bonchev–Trinajstić information content (AvgIpc) is 2.72. The smallest absolute Gasteiger partial charge is 0.174 e. The minimum Gasteiger partial charge on any atom is -1.00 e. The van der Waals surface area contributed by atoms with Gasteiger partial charge in [-0.3, -0.25) is 0 Å². The Balaban J connectivity index is 0.00000225. The zero-order valence-corrected chi connectivity index (χ0v) is 19.6. The van der Waals surface area contributed by atoms with Crippen LogP contribution in [0.3, 0.4) is 0 Å². The number of hydrogen-bond acceptors (Lipinski definition) is 2. The highest BCUT2D eigenvalue weighted by Crippen LogP contribution is 2.68. The van der Waals surface area contributed by atoms with Crippen LogP contribution in [0.5, 0.6) is 0 Å². The third-order valence-electron chi connectivity index (χ3n) is 5.04. The lowest BCUT2D eigenvalue weighted by Gasteiger charge is -2.40. The predicted octanol–water partition coefficient (Wildman–Crippen LogP) is 2.77. The van der Waals surface area contributed by atoms with E-state index in [2.05, 4.69) is 128 Å². The van der Waals surface area contributed by atoms with Crippen LogP contribution in [0.4, 0.5) is 0 Å². The monoisotopic (exact) mass is 444 g/mol. The topological polar surface area (TPSA) is 0 Å². The summed E-state index contributed by atoms with van der Waals surface area (Å²) in [4.78, 5) is 0. The van der Waals surface area contributed by atoms with E-state index in [1.165, 1.54) is 27.4 Å². The van der Waals surface area contributed by atoms with Gasteiger partial charge in [0.15, 0.2) is 4.32 Å². The molecule has 0 unspecified atom stereocenters. The Hall–Kier alpha value is -0.920. The predicted molar refractivity (Wildman–Crippen MR) is 128 cm³/mol. The molecule has 0 aromatic heterocycles. The zero-order valence-electron chi connectivity index (χ0n) is 16.3. The molecule has 146 valence electrons. The third-order valence-corrected chi connectivity index (χ3v) is 15.1. The van der Waals surface area contributed by atoms with Crippen LogP contribution in [0.2, 0.25) is 0 Å². The van der Waals surface area contributed by atoms with Crippen LogP contribution in [0.15, 0.2) is 91.0 Å². The molecular weight excluding hydrogens is 419 g/mol. The number of thioether (sulfide) groups is 2. The molecule has 3 aromatic carbocycles. The summed E-state index contributed by atoms with van der Waals surface area (Å²) in [5, 5.41) is 4.48. The molecule has 28 heavy (non-hydrogen) atoms. The lowest BCUT2D eigenvalue weighted by molar-refractivity contribution is -0.00000571. The Bertz CT molecular complexity index is 762. The van der Waals surface area contributed by atoms with Crippen LogP contribution >= 0.6 is 30.8 Å². The molecule has 1 aliphatic heterocycles. The Kier molecular flexibility index (Phi) is 7.21. The summed E-state index contributed by atoms with van der Waals surface area (Å²) >= 11 is 4.35. The molecule has 0 amide bonds. The van der Waals surface area contributed by atoms with E-state index in [1.807, 2.05) is 0 Å². The molecule has 0 aliphatic carbocycles. The average molecular weight is 445 g/mol. The van der Waals surface area contributed by atoms with E-state index in [1.54, 1.807) is 0 Å². The fraction of sp³-hybridized carbons (Fsp3) is 0.250. The minimum atomic E-state index is -1.76. The van der Waals surface area contributed by atoms with Gasteiger partial charge in [-0.25, -0.2) is 0 Å². The molecule has 0 saturated carbocycles. The van der Waals surface area contributed by atoms with Crippen molar-refractivity contribution in [2.24, 2.45) is 5.41 Å². The zero-order chi connectivity index (χ0) is 18.7. The lowest BCUT2D eigenvalue weighted by atomic mass is 10.0. The molecule has 0 nitrogen and oxygen atoms in total. The van der Waals surface area contributed by atoms with Crippen LogP contribution in [0, 0.1) is 5.41 Å². The molecule has 4 heteroatoms. The first kappa shape index (κ1) is 21.8. The first-order chi connectivity index (χ1) is 13.1. The van der Waals surface area contributed by atoms with E-state index in [0.717, 1.165) is 0 Å². The Morgan fingerprint density at radius 1 is 0.643 bits per heavy atom. The van der Waals surface area contributed by atoms with E-state index < -0.39 is 7.26 Å². The number of hydrogen-bond donors (Lipinski definition) is 0. The first-order valence-corrected chi connectivity index (χ1v) is 13.4. The van der Waals surface area contributed by atoms with Gasteiger partial charge in [-0.1, -0.05) is 68.4 Å². The molecule has 0 radical (unpaired) electrons. The molecule has 1 fully saturated rings.